The maximum Gasteiger partial charge on any atom is 0.254 e. The van der Waals surface area contributed by atoms with E-state index in [1.807, 2.05) is 4.90 Å². The average Bonchev–Trinajstić information content (AvgIpc) is 3.07. The summed E-state index contributed by atoms with van der Waals surface area (Å²) in [5.41, 5.74) is 1.02. The number of rotatable bonds is 5. The summed E-state index contributed by atoms with van der Waals surface area (Å²) >= 11 is -2.36. The highest BCUT2D eigenvalue weighted by Gasteiger charge is 2.29. The highest BCUT2D eigenvalue weighted by atomic mass is 32.2. The summed E-state index contributed by atoms with van der Waals surface area (Å²) in [6, 6.07) is 6.67. The van der Waals surface area contributed by atoms with Gasteiger partial charge in [-0.15, -0.1) is 0 Å². The number of nitrogens with zero attached hydrogens (tertiary/aromatic N) is 2. The first kappa shape index (κ1) is 18.3. The van der Waals surface area contributed by atoms with Gasteiger partial charge in [0.2, 0.25) is 0 Å². The minimum absolute atomic E-state index is 0.00820. The Balaban J connectivity index is 1.56. The molecule has 8 heteroatoms. The fourth-order valence-corrected chi connectivity index (χ4v) is 3.86. The van der Waals surface area contributed by atoms with E-state index in [4.69, 9.17) is 4.74 Å². The molecule has 0 saturated carbocycles. The monoisotopic (exact) mass is 366 g/mol. The third-order valence-electron chi connectivity index (χ3n) is 4.85. The van der Waals surface area contributed by atoms with E-state index in [9.17, 15) is 13.6 Å². The van der Waals surface area contributed by atoms with Crippen LogP contribution in [0.15, 0.2) is 24.3 Å². The van der Waals surface area contributed by atoms with E-state index in [2.05, 4.69) is 16.5 Å². The van der Waals surface area contributed by atoms with Crippen molar-refractivity contribution >= 4 is 22.9 Å². The molecule has 2 heterocycles. The lowest BCUT2D eigenvalue weighted by molar-refractivity contribution is 0.0452. The Labute approximate surface area is 150 Å². The predicted molar refractivity (Wildman–Crippen MR) is 94.8 cm³/mol. The van der Waals surface area contributed by atoms with Crippen molar-refractivity contribution in [2.24, 2.45) is 5.92 Å². The molecule has 2 unspecified atom stereocenters. The maximum absolute atomic E-state index is 12.7. The summed E-state index contributed by atoms with van der Waals surface area (Å²) in [5.74, 6) is 0.604. The summed E-state index contributed by atoms with van der Waals surface area (Å²) in [4.78, 5) is 17.1. The lowest BCUT2D eigenvalue weighted by Crippen LogP contribution is -2.54. The minimum atomic E-state index is -2.36. The number of nitrogens with one attached hydrogen (secondary N) is 1. The van der Waals surface area contributed by atoms with Crippen LogP contribution in [0.5, 0.6) is 0 Å². The molecule has 3 rings (SSSR count). The number of benzene rings is 1. The first-order valence-electron chi connectivity index (χ1n) is 8.60. The average molecular weight is 366 g/mol. The highest BCUT2D eigenvalue weighted by Crippen LogP contribution is 2.19. The van der Waals surface area contributed by atoms with Crippen molar-refractivity contribution in [2.75, 3.05) is 44.1 Å². The van der Waals surface area contributed by atoms with Crippen molar-refractivity contribution in [1.82, 2.24) is 9.80 Å². The number of amides is 1. The lowest BCUT2D eigenvalue weighted by atomic mass is 10.1. The van der Waals surface area contributed by atoms with E-state index >= 15 is 0 Å². The standard InChI is InChI=1S/C17H25N3O4S/c1-13-10-19(11-14-6-9-24-12-14)7-8-20(13)17(21)15-2-4-16(5-3-15)18-25(22)23/h2-5,13-14,18H,6-12H2,1H3,(H,22,23)/p-1/t13-,14?/m1/s1. The summed E-state index contributed by atoms with van der Waals surface area (Å²) in [6.45, 7) is 7.28. The third kappa shape index (κ3) is 4.78. The zero-order chi connectivity index (χ0) is 17.8. The highest BCUT2D eigenvalue weighted by molar-refractivity contribution is 7.80. The van der Waals surface area contributed by atoms with Gasteiger partial charge in [-0.25, -0.2) is 0 Å². The largest absolute Gasteiger partial charge is 0.755 e. The van der Waals surface area contributed by atoms with Crippen LogP contribution in [0.3, 0.4) is 0 Å². The van der Waals surface area contributed by atoms with E-state index in [-0.39, 0.29) is 11.9 Å². The van der Waals surface area contributed by atoms with Crippen molar-refractivity contribution in [3.63, 3.8) is 0 Å². The molecule has 7 nitrogen and oxygen atoms in total. The summed E-state index contributed by atoms with van der Waals surface area (Å²) in [5, 5.41) is 0. The van der Waals surface area contributed by atoms with Gasteiger partial charge in [0.15, 0.2) is 0 Å². The number of carbonyl (C=O) groups excluding carboxylic acids is 1. The second-order valence-corrected chi connectivity index (χ2v) is 7.42. The maximum atomic E-state index is 12.7. The summed E-state index contributed by atoms with van der Waals surface area (Å²) < 4.78 is 29.0. The van der Waals surface area contributed by atoms with Gasteiger partial charge < -0.3 is 18.9 Å². The molecule has 1 amide bonds. The third-order valence-corrected chi connectivity index (χ3v) is 5.25. The molecule has 0 spiro atoms. The molecule has 0 aliphatic carbocycles. The quantitative estimate of drug-likeness (QED) is 0.788. The molecule has 25 heavy (non-hydrogen) atoms. The van der Waals surface area contributed by atoms with E-state index in [0.717, 1.165) is 39.3 Å². The SMILES string of the molecule is C[C@@H]1CN(CC2CCOC2)CCN1C(=O)c1ccc(NS(=O)[O-])cc1. The van der Waals surface area contributed by atoms with Crippen LogP contribution in [-0.2, 0) is 16.0 Å². The molecule has 138 valence electrons. The zero-order valence-electron chi connectivity index (χ0n) is 14.3. The molecule has 2 aliphatic heterocycles. The molecule has 3 atom stereocenters. The molecule has 2 saturated heterocycles. The molecule has 0 radical (unpaired) electrons. The molecule has 1 aromatic rings. The topological polar surface area (TPSA) is 84.9 Å². The van der Waals surface area contributed by atoms with Gasteiger partial charge in [0.05, 0.1) is 6.61 Å². The molecule has 0 bridgehead atoms. The summed E-state index contributed by atoms with van der Waals surface area (Å²) in [6.07, 6.45) is 1.13. The normalized spacial score (nSPS) is 25.8. The Kier molecular flexibility index (Phi) is 6.06. The fourth-order valence-electron chi connectivity index (χ4n) is 3.54. The van der Waals surface area contributed by atoms with Crippen LogP contribution in [-0.4, -0.2) is 69.9 Å². The van der Waals surface area contributed by atoms with Crippen molar-refractivity contribution in [3.05, 3.63) is 29.8 Å². The molecule has 0 aromatic heterocycles. The Bertz CT molecular complexity index is 619. The van der Waals surface area contributed by atoms with Crippen molar-refractivity contribution in [3.8, 4) is 0 Å². The first-order valence-corrected chi connectivity index (χ1v) is 9.67. The van der Waals surface area contributed by atoms with Crippen LogP contribution in [0, 0.1) is 5.92 Å². The molecule has 2 aliphatic rings. The second kappa shape index (κ2) is 8.27. The van der Waals surface area contributed by atoms with E-state index < -0.39 is 11.3 Å². The Morgan fingerprint density at radius 3 is 2.72 bits per heavy atom. The van der Waals surface area contributed by atoms with E-state index in [0.29, 0.717) is 23.7 Å². The van der Waals surface area contributed by atoms with Crippen LogP contribution in [0.1, 0.15) is 23.7 Å². The van der Waals surface area contributed by atoms with Gasteiger partial charge >= 0.3 is 0 Å². The van der Waals surface area contributed by atoms with Crippen LogP contribution >= 0.6 is 0 Å². The Hall–Kier alpha value is -1.48. The van der Waals surface area contributed by atoms with E-state index in [1.54, 1.807) is 24.3 Å². The lowest BCUT2D eigenvalue weighted by Gasteiger charge is -2.40. The molecule has 1 aromatic carbocycles. The molecular weight excluding hydrogens is 342 g/mol. The van der Waals surface area contributed by atoms with Crippen molar-refractivity contribution in [2.45, 2.75) is 19.4 Å². The zero-order valence-corrected chi connectivity index (χ0v) is 15.2. The van der Waals surface area contributed by atoms with Gasteiger partial charge in [-0.05, 0) is 43.5 Å². The predicted octanol–water partition coefficient (Wildman–Crippen LogP) is 1.08. The number of piperazine rings is 1. The number of hydrogen-bond acceptors (Lipinski definition) is 5. The minimum Gasteiger partial charge on any atom is -0.755 e. The number of carbonyl (C=O) groups is 1. The van der Waals surface area contributed by atoms with Gasteiger partial charge in [0, 0.05) is 61.3 Å². The molecule has 1 N–H and O–H groups in total. The van der Waals surface area contributed by atoms with Crippen LogP contribution in [0.2, 0.25) is 0 Å². The Morgan fingerprint density at radius 2 is 2.12 bits per heavy atom. The fraction of sp³-hybridized carbons (Fsp3) is 0.588. The van der Waals surface area contributed by atoms with Gasteiger partial charge in [0.1, 0.15) is 0 Å². The number of anilines is 1. The second-order valence-electron chi connectivity index (χ2n) is 6.75. The van der Waals surface area contributed by atoms with Crippen molar-refractivity contribution in [1.29, 1.82) is 0 Å². The van der Waals surface area contributed by atoms with Crippen LogP contribution in [0.4, 0.5) is 5.69 Å². The van der Waals surface area contributed by atoms with Gasteiger partial charge in [-0.2, -0.15) is 0 Å². The molecule has 2 fully saturated rings. The van der Waals surface area contributed by atoms with Gasteiger partial charge in [-0.3, -0.25) is 13.9 Å². The first-order chi connectivity index (χ1) is 12.0. The van der Waals surface area contributed by atoms with Crippen molar-refractivity contribution < 1.29 is 18.3 Å². The molecular formula is C17H24N3O4S-. The Morgan fingerprint density at radius 1 is 1.36 bits per heavy atom. The van der Waals surface area contributed by atoms with Crippen LogP contribution in [0.25, 0.3) is 0 Å². The summed E-state index contributed by atoms with van der Waals surface area (Å²) in [7, 11) is 0. The smallest absolute Gasteiger partial charge is 0.254 e. The van der Waals surface area contributed by atoms with Crippen LogP contribution < -0.4 is 4.72 Å². The van der Waals surface area contributed by atoms with Gasteiger partial charge in [0.25, 0.3) is 5.91 Å². The number of hydrogen-bond donors (Lipinski definition) is 1. The van der Waals surface area contributed by atoms with E-state index in [1.165, 1.54) is 0 Å². The van der Waals surface area contributed by atoms with Gasteiger partial charge in [-0.1, -0.05) is 0 Å². The number of ether oxygens (including phenoxy) is 1.